The van der Waals surface area contributed by atoms with E-state index in [1.807, 2.05) is 6.07 Å². The Morgan fingerprint density at radius 2 is 1.33 bits per heavy atom. The molecule has 5 heteroatoms. The van der Waals surface area contributed by atoms with Gasteiger partial charge in [-0.15, -0.1) is 0 Å². The second-order valence-corrected chi connectivity index (χ2v) is 10.0. The van der Waals surface area contributed by atoms with Crippen LogP contribution in [0.1, 0.15) is 115 Å². The highest BCUT2D eigenvalue weighted by molar-refractivity contribution is 7.86. The number of aryl methyl sites for hydroxylation is 2. The lowest BCUT2D eigenvalue weighted by Crippen LogP contribution is -2.26. The number of unbranched alkanes of at least 4 members (excludes halogenated alkanes) is 10. The van der Waals surface area contributed by atoms with Crippen molar-refractivity contribution in [2.24, 2.45) is 0 Å². The number of rotatable bonds is 18. The lowest BCUT2D eigenvalue weighted by molar-refractivity contribution is 0.250. The van der Waals surface area contributed by atoms with E-state index in [4.69, 9.17) is 4.74 Å². The van der Waals surface area contributed by atoms with Gasteiger partial charge in [-0.05, 0) is 49.3 Å². The van der Waals surface area contributed by atoms with Crippen LogP contribution in [0.2, 0.25) is 0 Å². The lowest BCUT2D eigenvalue weighted by Gasteiger charge is -2.18. The van der Waals surface area contributed by atoms with Gasteiger partial charge >= 0.3 is 10.1 Å². The van der Waals surface area contributed by atoms with Gasteiger partial charge in [0, 0.05) is 0 Å². The molecule has 1 N–H and O–H groups in total. The van der Waals surface area contributed by atoms with E-state index in [1.165, 1.54) is 69.8 Å². The highest BCUT2D eigenvalue weighted by atomic mass is 32.2. The predicted octanol–water partition coefficient (Wildman–Crippen LogP) is 7.50. The van der Waals surface area contributed by atoms with Crippen LogP contribution in [0.4, 0.5) is 0 Å². The second-order valence-electron chi connectivity index (χ2n) is 8.45. The molecule has 0 aliphatic heterocycles. The molecular formula is C25H44O4S. The molecule has 0 saturated heterocycles. The molecule has 174 valence electrons. The van der Waals surface area contributed by atoms with Gasteiger partial charge in [-0.25, -0.2) is 0 Å². The molecule has 0 bridgehead atoms. The maximum atomic E-state index is 11.7. The van der Waals surface area contributed by atoms with Crippen molar-refractivity contribution in [3.8, 4) is 5.75 Å². The van der Waals surface area contributed by atoms with Crippen LogP contribution >= 0.6 is 0 Å². The van der Waals surface area contributed by atoms with Crippen molar-refractivity contribution in [2.45, 2.75) is 123 Å². The summed E-state index contributed by atoms with van der Waals surface area (Å²) in [7, 11) is -4.23. The standard InChI is InChI=1S/C25H44O4S/c1-4-7-9-11-13-15-17-22-19-20-23(18-16-14-12-10-8-5-2)24(21-22)29-25(6-3)30(26,27)28/h19-21,25H,4-18H2,1-3H3,(H,26,27,28). The maximum Gasteiger partial charge on any atom is 0.303 e. The van der Waals surface area contributed by atoms with Gasteiger partial charge in [0.1, 0.15) is 5.75 Å². The maximum absolute atomic E-state index is 11.7. The molecule has 0 heterocycles. The molecule has 0 aromatic heterocycles. The Kier molecular flexibility index (Phi) is 14.1. The average molecular weight is 441 g/mol. The number of hydrogen-bond acceptors (Lipinski definition) is 3. The lowest BCUT2D eigenvalue weighted by atomic mass is 10.00. The first-order valence-electron chi connectivity index (χ1n) is 12.2. The summed E-state index contributed by atoms with van der Waals surface area (Å²) in [6.45, 7) is 6.16. The van der Waals surface area contributed by atoms with Gasteiger partial charge in [-0.3, -0.25) is 4.55 Å². The molecule has 1 aromatic rings. The van der Waals surface area contributed by atoms with Gasteiger partial charge < -0.3 is 4.74 Å². The van der Waals surface area contributed by atoms with E-state index in [0.29, 0.717) is 5.75 Å². The van der Waals surface area contributed by atoms with Gasteiger partial charge in [0.05, 0.1) is 0 Å². The smallest absolute Gasteiger partial charge is 0.303 e. The quantitative estimate of drug-likeness (QED) is 0.190. The van der Waals surface area contributed by atoms with Crippen LogP contribution < -0.4 is 4.74 Å². The van der Waals surface area contributed by atoms with Crippen molar-refractivity contribution < 1.29 is 17.7 Å². The summed E-state index contributed by atoms with van der Waals surface area (Å²) < 4.78 is 38.6. The van der Waals surface area contributed by atoms with Crippen molar-refractivity contribution in [3.63, 3.8) is 0 Å². The van der Waals surface area contributed by atoms with E-state index in [2.05, 4.69) is 26.0 Å². The molecule has 0 saturated carbocycles. The fraction of sp³-hybridized carbons (Fsp3) is 0.760. The van der Waals surface area contributed by atoms with E-state index < -0.39 is 15.6 Å². The Hall–Kier alpha value is -1.07. The molecule has 0 fully saturated rings. The highest BCUT2D eigenvalue weighted by Gasteiger charge is 2.24. The van der Waals surface area contributed by atoms with Crippen molar-refractivity contribution >= 4 is 10.1 Å². The number of benzene rings is 1. The zero-order valence-corrected chi connectivity index (χ0v) is 20.3. The summed E-state index contributed by atoms with van der Waals surface area (Å²) in [5.74, 6) is 0.622. The zero-order chi connectivity index (χ0) is 22.2. The molecule has 0 radical (unpaired) electrons. The molecule has 0 amide bonds. The van der Waals surface area contributed by atoms with Crippen LogP contribution in [0.5, 0.6) is 5.75 Å². The molecule has 0 aliphatic carbocycles. The number of hydrogen-bond donors (Lipinski definition) is 1. The summed E-state index contributed by atoms with van der Waals surface area (Å²) in [5.41, 5.74) is 1.02. The van der Waals surface area contributed by atoms with Crippen LogP contribution in [0.25, 0.3) is 0 Å². The van der Waals surface area contributed by atoms with Crippen LogP contribution in [0, 0.1) is 0 Å². The van der Waals surface area contributed by atoms with Crippen molar-refractivity contribution in [2.75, 3.05) is 0 Å². The Morgan fingerprint density at radius 1 is 0.800 bits per heavy atom. The van der Waals surface area contributed by atoms with Crippen LogP contribution in [0.3, 0.4) is 0 Å². The van der Waals surface area contributed by atoms with Crippen molar-refractivity contribution in [1.82, 2.24) is 0 Å². The Balaban J connectivity index is 2.74. The van der Waals surface area contributed by atoms with Crippen LogP contribution in [-0.4, -0.2) is 18.4 Å². The highest BCUT2D eigenvalue weighted by Crippen LogP contribution is 2.27. The topological polar surface area (TPSA) is 63.6 Å². The van der Waals surface area contributed by atoms with E-state index in [0.717, 1.165) is 31.2 Å². The minimum atomic E-state index is -4.23. The fourth-order valence-electron chi connectivity index (χ4n) is 3.77. The van der Waals surface area contributed by atoms with Crippen LogP contribution in [0.15, 0.2) is 18.2 Å². The first kappa shape index (κ1) is 27.0. The third kappa shape index (κ3) is 11.4. The Labute approximate surface area is 185 Å². The third-order valence-corrected chi connectivity index (χ3v) is 6.77. The minimum Gasteiger partial charge on any atom is -0.472 e. The number of ether oxygens (including phenoxy) is 1. The van der Waals surface area contributed by atoms with Crippen LogP contribution in [-0.2, 0) is 23.0 Å². The summed E-state index contributed by atoms with van der Waals surface area (Å²) in [6, 6.07) is 6.23. The molecule has 1 atom stereocenters. The van der Waals surface area contributed by atoms with Crippen molar-refractivity contribution in [3.05, 3.63) is 29.3 Å². The summed E-state index contributed by atoms with van der Waals surface area (Å²) in [4.78, 5) is 0. The zero-order valence-electron chi connectivity index (χ0n) is 19.5. The molecule has 1 rings (SSSR count). The molecule has 4 nitrogen and oxygen atoms in total. The summed E-state index contributed by atoms with van der Waals surface area (Å²) in [5, 5.41) is 0. The van der Waals surface area contributed by atoms with Gasteiger partial charge in [0.2, 0.25) is 5.44 Å². The Bertz CT molecular complexity index is 670. The average Bonchev–Trinajstić information content (AvgIpc) is 2.71. The van der Waals surface area contributed by atoms with Gasteiger partial charge in [0.15, 0.2) is 0 Å². The van der Waals surface area contributed by atoms with E-state index in [-0.39, 0.29) is 6.42 Å². The normalized spacial score (nSPS) is 12.8. The van der Waals surface area contributed by atoms with Gasteiger partial charge in [-0.2, -0.15) is 8.42 Å². The third-order valence-electron chi connectivity index (χ3n) is 5.67. The van der Waals surface area contributed by atoms with E-state index in [9.17, 15) is 13.0 Å². The molecule has 0 aliphatic rings. The molecular weight excluding hydrogens is 396 g/mol. The predicted molar refractivity (Wildman–Crippen MR) is 127 cm³/mol. The first-order chi connectivity index (χ1) is 14.4. The summed E-state index contributed by atoms with van der Waals surface area (Å²) >= 11 is 0. The molecule has 1 unspecified atom stereocenters. The van der Waals surface area contributed by atoms with E-state index >= 15 is 0 Å². The second kappa shape index (κ2) is 15.7. The molecule has 30 heavy (non-hydrogen) atoms. The SMILES string of the molecule is CCCCCCCCc1ccc(CCCCCCCC)c(OC(CC)S(=O)(=O)O)c1. The van der Waals surface area contributed by atoms with Gasteiger partial charge in [-0.1, -0.05) is 97.1 Å². The fourth-order valence-corrected chi connectivity index (χ4v) is 4.42. The largest absolute Gasteiger partial charge is 0.472 e. The first-order valence-corrected chi connectivity index (χ1v) is 13.7. The Morgan fingerprint density at radius 3 is 1.87 bits per heavy atom. The monoisotopic (exact) mass is 440 g/mol. The molecule has 1 aromatic carbocycles. The van der Waals surface area contributed by atoms with Crippen molar-refractivity contribution in [1.29, 1.82) is 0 Å². The van der Waals surface area contributed by atoms with E-state index in [1.54, 1.807) is 6.92 Å². The minimum absolute atomic E-state index is 0.219. The molecule has 0 spiro atoms. The van der Waals surface area contributed by atoms with Gasteiger partial charge in [0.25, 0.3) is 0 Å². The summed E-state index contributed by atoms with van der Waals surface area (Å²) in [6.07, 6.45) is 16.8.